The lowest BCUT2D eigenvalue weighted by atomic mass is 10.5. The van der Waals surface area contributed by atoms with E-state index in [0.717, 1.165) is 6.20 Å². The molecule has 0 amide bonds. The molecule has 0 aliphatic carbocycles. The summed E-state index contributed by atoms with van der Waals surface area (Å²) in [6.07, 6.45) is 1.15. The summed E-state index contributed by atoms with van der Waals surface area (Å²) in [5.41, 5.74) is 0. The zero-order valence-corrected chi connectivity index (χ0v) is 8.81. The fourth-order valence-corrected chi connectivity index (χ4v) is 1.41. The van der Waals surface area contributed by atoms with Crippen molar-refractivity contribution < 1.29 is 13.3 Å². The summed E-state index contributed by atoms with van der Waals surface area (Å²) in [5.74, 6) is 0.333. The highest BCUT2D eigenvalue weighted by molar-refractivity contribution is 7.70. The third-order valence-electron chi connectivity index (χ3n) is 1.80. The fourth-order valence-electron chi connectivity index (χ4n) is 1.13. The van der Waals surface area contributed by atoms with Crippen molar-refractivity contribution >= 4 is 16.7 Å². The van der Waals surface area contributed by atoms with Crippen LogP contribution in [-0.2, 0) is 17.4 Å². The van der Waals surface area contributed by atoms with Gasteiger partial charge < -0.3 is 10.1 Å². The summed E-state index contributed by atoms with van der Waals surface area (Å²) in [6, 6.07) is 0. The molecule has 0 saturated heterocycles. The zero-order valence-electron chi connectivity index (χ0n) is 7.91. The van der Waals surface area contributed by atoms with Gasteiger partial charge in [0.2, 0.25) is 10.9 Å². The lowest BCUT2D eigenvalue weighted by Gasteiger charge is -2.01. The largest absolute Gasteiger partial charge is 0.358 e. The molecule has 0 radical (unpaired) electrons. The summed E-state index contributed by atoms with van der Waals surface area (Å²) < 4.78 is 23.9. The standard InChI is InChI=1S/C6H10N4O4S/c1-5-7-4-6(10(11)12)9(5)3-2-8-15(13)14/h4,15H,2-3H2,1H3,(H,8,13,14). The maximum absolute atomic E-state index is 10.5. The molecule has 0 atom stereocenters. The summed E-state index contributed by atoms with van der Waals surface area (Å²) >= 11 is 0. The normalized spacial score (nSPS) is 10.8. The van der Waals surface area contributed by atoms with Crippen molar-refractivity contribution in [2.75, 3.05) is 6.54 Å². The highest BCUT2D eigenvalue weighted by atomic mass is 32.2. The fraction of sp³-hybridized carbons (Fsp3) is 0.500. The molecule has 15 heavy (non-hydrogen) atoms. The first-order valence-corrected chi connectivity index (χ1v) is 5.24. The first-order valence-electron chi connectivity index (χ1n) is 4.06. The number of hydrogen-bond acceptors (Lipinski definition) is 5. The first kappa shape index (κ1) is 11.6. The Labute approximate surface area is 87.2 Å². The Bertz CT molecular complexity index is 430. The number of nitrogens with one attached hydrogen (secondary N) is 1. The molecule has 0 saturated carbocycles. The molecule has 0 spiro atoms. The van der Waals surface area contributed by atoms with Gasteiger partial charge in [-0.1, -0.05) is 0 Å². The zero-order chi connectivity index (χ0) is 11.4. The summed E-state index contributed by atoms with van der Waals surface area (Å²) in [6.45, 7) is 1.91. The molecule has 84 valence electrons. The highest BCUT2D eigenvalue weighted by Crippen LogP contribution is 2.12. The lowest BCUT2D eigenvalue weighted by Crippen LogP contribution is -2.19. The van der Waals surface area contributed by atoms with E-state index < -0.39 is 15.8 Å². The molecule has 0 unspecified atom stereocenters. The predicted molar refractivity (Wildman–Crippen MR) is 51.9 cm³/mol. The van der Waals surface area contributed by atoms with E-state index in [1.54, 1.807) is 6.92 Å². The Morgan fingerprint density at radius 3 is 2.87 bits per heavy atom. The Hall–Kier alpha value is -1.48. The van der Waals surface area contributed by atoms with Gasteiger partial charge in [-0.3, -0.25) is 0 Å². The number of imidazole rings is 1. The number of rotatable bonds is 5. The van der Waals surface area contributed by atoms with Gasteiger partial charge in [0.25, 0.3) is 0 Å². The maximum Gasteiger partial charge on any atom is 0.342 e. The highest BCUT2D eigenvalue weighted by Gasteiger charge is 2.16. The molecule has 9 heteroatoms. The lowest BCUT2D eigenvalue weighted by molar-refractivity contribution is -0.392. The van der Waals surface area contributed by atoms with Crippen molar-refractivity contribution in [3.05, 3.63) is 22.1 Å². The van der Waals surface area contributed by atoms with E-state index in [-0.39, 0.29) is 18.9 Å². The van der Waals surface area contributed by atoms with Gasteiger partial charge in [-0.25, -0.2) is 22.7 Å². The average molecular weight is 234 g/mol. The molecule has 1 aromatic rings. The number of hydrogen-bond donors (Lipinski definition) is 2. The number of nitro groups is 1. The second-order valence-electron chi connectivity index (χ2n) is 2.74. The second-order valence-corrected chi connectivity index (χ2v) is 3.57. The van der Waals surface area contributed by atoms with Crippen molar-refractivity contribution in [1.29, 1.82) is 0 Å². The van der Waals surface area contributed by atoms with Gasteiger partial charge in [0.1, 0.15) is 12.7 Å². The van der Waals surface area contributed by atoms with Gasteiger partial charge in [-0.15, -0.1) is 0 Å². The first-order chi connectivity index (χ1) is 7.02. The molecular weight excluding hydrogens is 224 g/mol. The van der Waals surface area contributed by atoms with E-state index in [4.69, 9.17) is 0 Å². The van der Waals surface area contributed by atoms with E-state index in [1.807, 2.05) is 0 Å². The third-order valence-corrected chi connectivity index (χ3v) is 2.28. The van der Waals surface area contributed by atoms with Gasteiger partial charge in [0.05, 0.1) is 0 Å². The van der Waals surface area contributed by atoms with Crippen LogP contribution in [0, 0.1) is 17.0 Å². The molecule has 0 aliphatic heterocycles. The summed E-state index contributed by atoms with van der Waals surface area (Å²) in [7, 11) is -2.67. The van der Waals surface area contributed by atoms with E-state index >= 15 is 0 Å². The topological polar surface area (TPSA) is 107 Å². The Balaban J connectivity index is 2.74. The SMILES string of the molecule is Cc1ncc([N+](=O)[O-])n1CCN[SH](=O)=O. The van der Waals surface area contributed by atoms with Crippen molar-refractivity contribution in [2.45, 2.75) is 13.5 Å². The van der Waals surface area contributed by atoms with Crippen molar-refractivity contribution in [3.63, 3.8) is 0 Å². The molecule has 1 rings (SSSR count). The minimum atomic E-state index is -2.67. The van der Waals surface area contributed by atoms with E-state index in [0.29, 0.717) is 5.82 Å². The van der Waals surface area contributed by atoms with Crippen LogP contribution in [0.4, 0.5) is 5.82 Å². The van der Waals surface area contributed by atoms with Crippen molar-refractivity contribution in [2.24, 2.45) is 0 Å². The number of nitrogens with zero attached hydrogens (tertiary/aromatic N) is 3. The minimum absolute atomic E-state index is 0.108. The van der Waals surface area contributed by atoms with E-state index in [1.165, 1.54) is 4.57 Å². The molecule has 1 heterocycles. The molecular formula is C6H10N4O4S. The number of aromatic nitrogens is 2. The van der Waals surface area contributed by atoms with Crippen LogP contribution in [0.2, 0.25) is 0 Å². The van der Waals surface area contributed by atoms with Crippen LogP contribution in [0.15, 0.2) is 6.20 Å². The average Bonchev–Trinajstić information content (AvgIpc) is 2.47. The summed E-state index contributed by atoms with van der Waals surface area (Å²) in [4.78, 5) is 13.8. The van der Waals surface area contributed by atoms with Gasteiger partial charge in [0.15, 0.2) is 5.82 Å². The Kier molecular flexibility index (Phi) is 3.74. The molecule has 8 nitrogen and oxygen atoms in total. The third kappa shape index (κ3) is 2.99. The Morgan fingerprint density at radius 2 is 2.33 bits per heavy atom. The van der Waals surface area contributed by atoms with Gasteiger partial charge in [0, 0.05) is 13.5 Å². The van der Waals surface area contributed by atoms with Gasteiger partial charge >= 0.3 is 5.82 Å². The Morgan fingerprint density at radius 1 is 1.67 bits per heavy atom. The molecule has 0 aliphatic rings. The van der Waals surface area contributed by atoms with E-state index in [9.17, 15) is 18.5 Å². The van der Waals surface area contributed by atoms with Gasteiger partial charge in [-0.2, -0.15) is 0 Å². The van der Waals surface area contributed by atoms with Crippen LogP contribution in [0.5, 0.6) is 0 Å². The number of thiol groups is 1. The van der Waals surface area contributed by atoms with Gasteiger partial charge in [-0.05, 0) is 4.92 Å². The van der Waals surface area contributed by atoms with Crippen LogP contribution in [-0.4, -0.2) is 29.4 Å². The van der Waals surface area contributed by atoms with Crippen LogP contribution in [0.1, 0.15) is 5.82 Å². The molecule has 0 bridgehead atoms. The smallest absolute Gasteiger partial charge is 0.342 e. The van der Waals surface area contributed by atoms with Crippen LogP contribution in [0.3, 0.4) is 0 Å². The monoisotopic (exact) mass is 234 g/mol. The molecule has 0 fully saturated rings. The maximum atomic E-state index is 10.5. The van der Waals surface area contributed by atoms with E-state index in [2.05, 4.69) is 9.71 Å². The van der Waals surface area contributed by atoms with Crippen molar-refractivity contribution in [1.82, 2.24) is 14.3 Å². The quantitative estimate of drug-likeness (QED) is 0.394. The van der Waals surface area contributed by atoms with Crippen LogP contribution < -0.4 is 4.72 Å². The van der Waals surface area contributed by atoms with Crippen LogP contribution in [0.25, 0.3) is 0 Å². The molecule has 1 N–H and O–H groups in total. The predicted octanol–water partition coefficient (Wildman–Crippen LogP) is -0.784. The second kappa shape index (κ2) is 4.84. The molecule has 1 aromatic heterocycles. The molecule has 0 aromatic carbocycles. The number of aryl methyl sites for hydroxylation is 1. The summed E-state index contributed by atoms with van der Waals surface area (Å²) in [5, 5.41) is 10.5. The van der Waals surface area contributed by atoms with Crippen LogP contribution >= 0.6 is 0 Å². The van der Waals surface area contributed by atoms with Crippen molar-refractivity contribution in [3.8, 4) is 0 Å². The minimum Gasteiger partial charge on any atom is -0.358 e.